The van der Waals surface area contributed by atoms with Crippen LogP contribution in [-0.2, 0) is 4.74 Å². The van der Waals surface area contributed by atoms with Crippen LogP contribution >= 0.6 is 0 Å². The maximum Gasteiger partial charge on any atom is 0.109 e. The lowest BCUT2D eigenvalue weighted by Gasteiger charge is -2.21. The van der Waals surface area contributed by atoms with Gasteiger partial charge in [-0.2, -0.15) is 0 Å². The molecule has 0 radical (unpaired) electrons. The van der Waals surface area contributed by atoms with E-state index < -0.39 is 24.9 Å². The largest absolute Gasteiger partial charge is 0.394 e. The Morgan fingerprint density at radius 1 is 1.21 bits per heavy atom. The minimum atomic E-state index is -1.34. The van der Waals surface area contributed by atoms with Crippen molar-refractivity contribution in [3.63, 3.8) is 0 Å². The summed E-state index contributed by atoms with van der Waals surface area (Å²) in [4.78, 5) is 0. The van der Waals surface area contributed by atoms with Gasteiger partial charge < -0.3 is 30.5 Å². The molecule has 0 aromatic heterocycles. The molecule has 0 rings (SSSR count). The summed E-state index contributed by atoms with van der Waals surface area (Å²) in [6.45, 7) is 0.624. The summed E-state index contributed by atoms with van der Waals surface area (Å²) in [6, 6.07) is 0. The number of nitrogens with one attached hydrogen (secondary N) is 1. The quantitative estimate of drug-likeness (QED) is 0.279. The molecule has 0 bridgehead atoms. The van der Waals surface area contributed by atoms with Crippen LogP contribution < -0.4 is 5.32 Å². The van der Waals surface area contributed by atoms with Crippen LogP contribution in [0.1, 0.15) is 0 Å². The van der Waals surface area contributed by atoms with Crippen LogP contribution in [0.4, 0.5) is 0 Å². The summed E-state index contributed by atoms with van der Waals surface area (Å²) >= 11 is 0. The number of rotatable bonds is 8. The van der Waals surface area contributed by atoms with Gasteiger partial charge in [-0.25, -0.2) is 0 Å². The predicted molar refractivity (Wildman–Crippen MR) is 49.9 cm³/mol. The van der Waals surface area contributed by atoms with E-state index in [0.29, 0.717) is 13.2 Å². The second-order valence-electron chi connectivity index (χ2n) is 3.00. The van der Waals surface area contributed by atoms with E-state index in [1.165, 1.54) is 0 Å². The van der Waals surface area contributed by atoms with Crippen LogP contribution in [0.2, 0.25) is 0 Å². The molecule has 14 heavy (non-hydrogen) atoms. The van der Waals surface area contributed by atoms with Gasteiger partial charge in [-0.1, -0.05) is 0 Å². The summed E-state index contributed by atoms with van der Waals surface area (Å²) in [5.74, 6) is 0. The summed E-state index contributed by atoms with van der Waals surface area (Å²) < 4.78 is 4.76. The van der Waals surface area contributed by atoms with Gasteiger partial charge in [-0.05, 0) is 0 Å². The lowest BCUT2D eigenvalue weighted by atomic mass is 10.1. The van der Waals surface area contributed by atoms with Gasteiger partial charge in [0, 0.05) is 20.2 Å². The third kappa shape index (κ3) is 5.48. The van der Waals surface area contributed by atoms with E-state index in [9.17, 15) is 10.2 Å². The smallest absolute Gasteiger partial charge is 0.109 e. The average molecular weight is 209 g/mol. The Morgan fingerprint density at radius 2 is 1.86 bits per heavy atom. The predicted octanol–water partition coefficient (Wildman–Crippen LogP) is -2.70. The van der Waals surface area contributed by atoms with E-state index in [1.54, 1.807) is 7.11 Å². The monoisotopic (exact) mass is 209 g/mol. The molecular formula is C8H19NO5. The number of aliphatic hydroxyl groups is 4. The molecule has 0 spiro atoms. The zero-order chi connectivity index (χ0) is 11.0. The minimum absolute atomic E-state index is 0.140. The average Bonchev–Trinajstić information content (AvgIpc) is 2.21. The molecule has 0 heterocycles. The Balaban J connectivity index is 3.56. The van der Waals surface area contributed by atoms with Gasteiger partial charge in [-0.3, -0.25) is 0 Å². The van der Waals surface area contributed by atoms with Crippen molar-refractivity contribution in [2.24, 2.45) is 0 Å². The fourth-order valence-electron chi connectivity index (χ4n) is 0.909. The lowest BCUT2D eigenvalue weighted by molar-refractivity contribution is -0.0750. The standard InChI is InChI=1S/C8H19NO5/c1-14-3-2-9-4-6(11)8(13)7(12)5-10/h6-13H,2-5H2,1H3/t6-,7-,8+/m0/s1. The zero-order valence-electron chi connectivity index (χ0n) is 8.26. The summed E-state index contributed by atoms with van der Waals surface area (Å²) in [5.41, 5.74) is 0. The number of methoxy groups -OCH3 is 1. The van der Waals surface area contributed by atoms with Crippen molar-refractivity contribution in [1.82, 2.24) is 5.32 Å². The van der Waals surface area contributed by atoms with Crippen molar-refractivity contribution in [2.45, 2.75) is 18.3 Å². The highest BCUT2D eigenvalue weighted by Crippen LogP contribution is 1.98. The minimum Gasteiger partial charge on any atom is -0.394 e. The Bertz CT molecular complexity index is 135. The molecule has 0 aliphatic rings. The first kappa shape index (κ1) is 13.8. The Kier molecular flexibility index (Phi) is 7.96. The first-order chi connectivity index (χ1) is 6.63. The van der Waals surface area contributed by atoms with E-state index in [-0.39, 0.29) is 6.54 Å². The molecule has 0 saturated carbocycles. The molecule has 0 fully saturated rings. The number of hydrogen-bond acceptors (Lipinski definition) is 6. The molecule has 0 aromatic carbocycles. The summed E-state index contributed by atoms with van der Waals surface area (Å²) in [5, 5.41) is 38.8. The molecule has 0 saturated heterocycles. The van der Waals surface area contributed by atoms with E-state index in [4.69, 9.17) is 14.9 Å². The van der Waals surface area contributed by atoms with E-state index in [1.807, 2.05) is 0 Å². The van der Waals surface area contributed by atoms with Crippen molar-refractivity contribution >= 4 is 0 Å². The summed E-state index contributed by atoms with van der Waals surface area (Å²) in [6.07, 6.45) is -3.75. The van der Waals surface area contributed by atoms with Crippen LogP contribution in [0.3, 0.4) is 0 Å². The van der Waals surface area contributed by atoms with Crippen LogP contribution in [0.5, 0.6) is 0 Å². The van der Waals surface area contributed by atoms with Crippen molar-refractivity contribution in [1.29, 1.82) is 0 Å². The molecule has 3 atom stereocenters. The first-order valence-electron chi connectivity index (χ1n) is 4.48. The van der Waals surface area contributed by atoms with Crippen molar-refractivity contribution in [3.8, 4) is 0 Å². The SMILES string of the molecule is COCCNC[C@H](O)[C@@H](O)[C@@H](O)CO. The fourth-order valence-corrected chi connectivity index (χ4v) is 0.909. The van der Waals surface area contributed by atoms with Gasteiger partial charge in [0.15, 0.2) is 0 Å². The highest BCUT2D eigenvalue weighted by Gasteiger charge is 2.23. The molecule has 6 nitrogen and oxygen atoms in total. The Morgan fingerprint density at radius 3 is 2.36 bits per heavy atom. The maximum atomic E-state index is 9.29. The number of hydrogen-bond donors (Lipinski definition) is 5. The van der Waals surface area contributed by atoms with E-state index in [2.05, 4.69) is 5.32 Å². The van der Waals surface area contributed by atoms with Gasteiger partial charge in [0.1, 0.15) is 12.2 Å². The fraction of sp³-hybridized carbons (Fsp3) is 1.00. The Labute approximate surface area is 83.1 Å². The first-order valence-corrected chi connectivity index (χ1v) is 4.48. The van der Waals surface area contributed by atoms with E-state index in [0.717, 1.165) is 0 Å². The molecular weight excluding hydrogens is 190 g/mol. The van der Waals surface area contributed by atoms with Gasteiger partial charge in [0.25, 0.3) is 0 Å². The molecule has 0 aromatic rings. The van der Waals surface area contributed by atoms with Crippen molar-refractivity contribution in [3.05, 3.63) is 0 Å². The van der Waals surface area contributed by atoms with Gasteiger partial charge in [0.2, 0.25) is 0 Å². The molecule has 0 aliphatic heterocycles. The van der Waals surface area contributed by atoms with Crippen LogP contribution in [0.15, 0.2) is 0 Å². The summed E-state index contributed by atoms with van der Waals surface area (Å²) in [7, 11) is 1.56. The molecule has 5 N–H and O–H groups in total. The van der Waals surface area contributed by atoms with Gasteiger partial charge in [-0.15, -0.1) is 0 Å². The lowest BCUT2D eigenvalue weighted by Crippen LogP contribution is -2.45. The molecule has 0 aliphatic carbocycles. The number of aliphatic hydroxyl groups excluding tert-OH is 4. The third-order valence-corrected chi connectivity index (χ3v) is 1.81. The van der Waals surface area contributed by atoms with Crippen LogP contribution in [0.25, 0.3) is 0 Å². The topological polar surface area (TPSA) is 102 Å². The van der Waals surface area contributed by atoms with Crippen molar-refractivity contribution in [2.75, 3.05) is 33.4 Å². The van der Waals surface area contributed by atoms with Crippen molar-refractivity contribution < 1.29 is 25.2 Å². The van der Waals surface area contributed by atoms with Crippen LogP contribution in [-0.4, -0.2) is 72.2 Å². The van der Waals surface area contributed by atoms with Gasteiger partial charge >= 0.3 is 0 Å². The second kappa shape index (κ2) is 8.10. The molecule has 0 amide bonds. The molecule has 0 unspecified atom stereocenters. The normalized spacial score (nSPS) is 17.8. The molecule has 86 valence electrons. The van der Waals surface area contributed by atoms with E-state index >= 15 is 0 Å². The number of ether oxygens (including phenoxy) is 1. The van der Waals surface area contributed by atoms with Crippen LogP contribution in [0, 0.1) is 0 Å². The third-order valence-electron chi connectivity index (χ3n) is 1.81. The molecule has 6 heteroatoms. The maximum absolute atomic E-state index is 9.29. The second-order valence-corrected chi connectivity index (χ2v) is 3.00. The highest BCUT2D eigenvalue weighted by atomic mass is 16.5. The zero-order valence-corrected chi connectivity index (χ0v) is 8.26. The Hall–Kier alpha value is -0.240. The highest BCUT2D eigenvalue weighted by molar-refractivity contribution is 4.76. The van der Waals surface area contributed by atoms with Gasteiger partial charge in [0.05, 0.1) is 19.3 Å².